The number of urea groups is 1. The Hall–Kier alpha value is -1.62. The molecule has 1 aliphatic carbocycles. The molecule has 0 bridgehead atoms. The lowest BCUT2D eigenvalue weighted by Gasteiger charge is -2.32. The molecule has 1 aromatic heterocycles. The molecule has 2 heterocycles. The van der Waals surface area contributed by atoms with E-state index in [1.54, 1.807) is 12.4 Å². The zero-order chi connectivity index (χ0) is 16.1. The molecule has 1 atom stereocenters. The van der Waals surface area contributed by atoms with E-state index in [0.717, 1.165) is 24.8 Å². The van der Waals surface area contributed by atoms with Crippen LogP contribution >= 0.6 is 0 Å². The molecule has 5 nitrogen and oxygen atoms in total. The monoisotopic (exact) mass is 317 g/mol. The van der Waals surface area contributed by atoms with Crippen molar-refractivity contribution in [1.29, 1.82) is 0 Å². The van der Waals surface area contributed by atoms with E-state index in [9.17, 15) is 4.79 Å². The zero-order valence-corrected chi connectivity index (χ0v) is 14.0. The van der Waals surface area contributed by atoms with Crippen molar-refractivity contribution in [3.63, 3.8) is 0 Å². The number of nitrogens with one attached hydrogen (secondary N) is 1. The summed E-state index contributed by atoms with van der Waals surface area (Å²) < 4.78 is 6.09. The lowest BCUT2D eigenvalue weighted by Crippen LogP contribution is -2.45. The third kappa shape index (κ3) is 4.02. The molecule has 1 saturated carbocycles. The second-order valence-electron chi connectivity index (χ2n) is 6.77. The number of pyridine rings is 1. The maximum absolute atomic E-state index is 12.5. The largest absolute Gasteiger partial charge is 0.373 e. The van der Waals surface area contributed by atoms with Gasteiger partial charge in [-0.3, -0.25) is 4.98 Å². The van der Waals surface area contributed by atoms with Crippen LogP contribution in [0.15, 0.2) is 24.5 Å². The van der Waals surface area contributed by atoms with Crippen LogP contribution in [-0.2, 0) is 11.3 Å². The van der Waals surface area contributed by atoms with Gasteiger partial charge in [0.05, 0.1) is 18.2 Å². The molecule has 5 heteroatoms. The van der Waals surface area contributed by atoms with Crippen LogP contribution in [0.4, 0.5) is 4.79 Å². The fourth-order valence-electron chi connectivity index (χ4n) is 3.78. The summed E-state index contributed by atoms with van der Waals surface area (Å²) in [4.78, 5) is 18.4. The molecule has 0 aromatic carbocycles. The van der Waals surface area contributed by atoms with Gasteiger partial charge in [0.2, 0.25) is 0 Å². The van der Waals surface area contributed by atoms with Gasteiger partial charge in [-0.25, -0.2) is 4.79 Å². The van der Waals surface area contributed by atoms with Crippen molar-refractivity contribution in [1.82, 2.24) is 15.2 Å². The number of hydrogen-bond donors (Lipinski definition) is 1. The number of carbonyl (C=O) groups is 1. The Morgan fingerprint density at radius 3 is 2.78 bits per heavy atom. The second-order valence-corrected chi connectivity index (χ2v) is 6.77. The van der Waals surface area contributed by atoms with E-state index in [0.29, 0.717) is 19.7 Å². The molecule has 1 aliphatic heterocycles. The van der Waals surface area contributed by atoms with Gasteiger partial charge in [0, 0.05) is 25.5 Å². The van der Waals surface area contributed by atoms with E-state index in [-0.39, 0.29) is 17.7 Å². The molecule has 0 radical (unpaired) electrons. The Balaban J connectivity index is 1.53. The molecule has 23 heavy (non-hydrogen) atoms. The van der Waals surface area contributed by atoms with E-state index in [1.165, 1.54) is 19.3 Å². The predicted octanol–water partition coefficient (Wildman–Crippen LogP) is 3.10. The smallest absolute Gasteiger partial charge is 0.317 e. The number of ether oxygens (including phenoxy) is 1. The summed E-state index contributed by atoms with van der Waals surface area (Å²) in [6.07, 6.45) is 10.6. The van der Waals surface area contributed by atoms with Crippen LogP contribution in [0, 0.1) is 0 Å². The summed E-state index contributed by atoms with van der Waals surface area (Å²) in [7, 11) is 0. The molecule has 3 rings (SSSR count). The highest BCUT2D eigenvalue weighted by Crippen LogP contribution is 2.39. The third-order valence-electron chi connectivity index (χ3n) is 5.09. The van der Waals surface area contributed by atoms with E-state index in [4.69, 9.17) is 4.74 Å². The second kappa shape index (κ2) is 7.30. The van der Waals surface area contributed by atoms with Gasteiger partial charge >= 0.3 is 6.03 Å². The fourth-order valence-corrected chi connectivity index (χ4v) is 3.78. The molecule has 1 saturated heterocycles. The minimum atomic E-state index is 0.00534. The molecule has 2 aliphatic rings. The summed E-state index contributed by atoms with van der Waals surface area (Å²) in [5.41, 5.74) is 1.14. The molecular weight excluding hydrogens is 290 g/mol. The van der Waals surface area contributed by atoms with Crippen molar-refractivity contribution in [2.45, 2.75) is 63.6 Å². The molecule has 1 spiro atoms. The average Bonchev–Trinajstić information content (AvgIpc) is 2.96. The SMILES string of the molecule is CCN(Cc1ccncc1)C(=O)NC1COC2(CCCCC2)C1. The van der Waals surface area contributed by atoms with E-state index in [2.05, 4.69) is 10.3 Å². The standard InChI is InChI=1S/C18H27N3O2/c1-2-21(13-15-6-10-19-11-7-15)17(22)20-16-12-18(23-14-16)8-4-3-5-9-18/h6-7,10-11,16H,2-5,8-9,12-14H2,1H3,(H,20,22). The number of nitrogens with zero attached hydrogens (tertiary/aromatic N) is 2. The number of amides is 2. The average molecular weight is 317 g/mol. The molecule has 1 N–H and O–H groups in total. The van der Waals surface area contributed by atoms with Gasteiger partial charge in [0.1, 0.15) is 0 Å². The number of carbonyl (C=O) groups excluding carboxylic acids is 1. The number of rotatable bonds is 4. The maximum Gasteiger partial charge on any atom is 0.317 e. The molecule has 126 valence electrons. The Bertz CT molecular complexity index is 514. The zero-order valence-electron chi connectivity index (χ0n) is 14.0. The Labute approximate surface area is 138 Å². The summed E-state index contributed by atoms with van der Waals surface area (Å²) in [6.45, 7) is 3.96. The molecule has 1 aromatic rings. The Morgan fingerprint density at radius 1 is 1.35 bits per heavy atom. The summed E-state index contributed by atoms with van der Waals surface area (Å²) in [6, 6.07) is 4.05. The minimum Gasteiger partial charge on any atom is -0.373 e. The Morgan fingerprint density at radius 2 is 2.09 bits per heavy atom. The minimum absolute atomic E-state index is 0.00534. The van der Waals surface area contributed by atoms with Crippen molar-refractivity contribution < 1.29 is 9.53 Å². The summed E-state index contributed by atoms with van der Waals surface area (Å²) in [5, 5.41) is 3.17. The van der Waals surface area contributed by atoms with Crippen molar-refractivity contribution in [3.8, 4) is 0 Å². The topological polar surface area (TPSA) is 54.5 Å². The molecular formula is C18H27N3O2. The Kier molecular flexibility index (Phi) is 5.16. The van der Waals surface area contributed by atoms with Crippen LogP contribution < -0.4 is 5.32 Å². The van der Waals surface area contributed by atoms with Crippen LogP contribution in [0.5, 0.6) is 0 Å². The fraction of sp³-hybridized carbons (Fsp3) is 0.667. The molecule has 2 amide bonds. The molecule has 2 fully saturated rings. The van der Waals surface area contributed by atoms with Gasteiger partial charge in [0.15, 0.2) is 0 Å². The highest BCUT2D eigenvalue weighted by Gasteiger charge is 2.41. The molecule has 1 unspecified atom stereocenters. The first-order valence-corrected chi connectivity index (χ1v) is 8.79. The van der Waals surface area contributed by atoms with Gasteiger partial charge in [-0.1, -0.05) is 19.3 Å². The number of aromatic nitrogens is 1. The quantitative estimate of drug-likeness (QED) is 0.928. The van der Waals surface area contributed by atoms with Crippen molar-refractivity contribution in [2.24, 2.45) is 0 Å². The first-order valence-electron chi connectivity index (χ1n) is 8.79. The van der Waals surface area contributed by atoms with Crippen molar-refractivity contribution in [2.75, 3.05) is 13.2 Å². The van der Waals surface area contributed by atoms with Crippen molar-refractivity contribution in [3.05, 3.63) is 30.1 Å². The van der Waals surface area contributed by atoms with E-state index in [1.807, 2.05) is 24.0 Å². The van der Waals surface area contributed by atoms with Gasteiger partial charge in [-0.15, -0.1) is 0 Å². The normalized spacial score (nSPS) is 22.9. The number of hydrogen-bond acceptors (Lipinski definition) is 3. The van der Waals surface area contributed by atoms with Crippen LogP contribution in [0.3, 0.4) is 0 Å². The van der Waals surface area contributed by atoms with Gasteiger partial charge in [0.25, 0.3) is 0 Å². The van der Waals surface area contributed by atoms with Crippen LogP contribution in [0.25, 0.3) is 0 Å². The highest BCUT2D eigenvalue weighted by molar-refractivity contribution is 5.74. The highest BCUT2D eigenvalue weighted by atomic mass is 16.5. The maximum atomic E-state index is 12.5. The van der Waals surface area contributed by atoms with E-state index < -0.39 is 0 Å². The summed E-state index contributed by atoms with van der Waals surface area (Å²) in [5.74, 6) is 0. The lowest BCUT2D eigenvalue weighted by atomic mass is 9.82. The third-order valence-corrected chi connectivity index (χ3v) is 5.09. The van der Waals surface area contributed by atoms with Crippen LogP contribution in [0.2, 0.25) is 0 Å². The van der Waals surface area contributed by atoms with Gasteiger partial charge < -0.3 is 15.0 Å². The van der Waals surface area contributed by atoms with Gasteiger partial charge in [-0.05, 0) is 43.9 Å². The van der Waals surface area contributed by atoms with E-state index >= 15 is 0 Å². The lowest BCUT2D eigenvalue weighted by molar-refractivity contribution is -0.0246. The predicted molar refractivity (Wildman–Crippen MR) is 89.0 cm³/mol. The first kappa shape index (κ1) is 16.2. The summed E-state index contributed by atoms with van der Waals surface area (Å²) >= 11 is 0. The van der Waals surface area contributed by atoms with Crippen molar-refractivity contribution >= 4 is 6.03 Å². The first-order chi connectivity index (χ1) is 11.2. The van der Waals surface area contributed by atoms with Crippen LogP contribution in [-0.4, -0.2) is 40.7 Å². The van der Waals surface area contributed by atoms with Crippen LogP contribution in [0.1, 0.15) is 51.0 Å². The van der Waals surface area contributed by atoms with Gasteiger partial charge in [-0.2, -0.15) is 0 Å².